The van der Waals surface area contributed by atoms with Crippen molar-refractivity contribution in [3.05, 3.63) is 24.0 Å². The van der Waals surface area contributed by atoms with Gasteiger partial charge in [-0.2, -0.15) is 0 Å². The van der Waals surface area contributed by atoms with E-state index in [1.165, 1.54) is 0 Å². The van der Waals surface area contributed by atoms with E-state index in [1.807, 2.05) is 24.0 Å². The first-order valence-electron chi connectivity index (χ1n) is 7.37. The van der Waals surface area contributed by atoms with E-state index in [9.17, 15) is 4.79 Å². The first-order chi connectivity index (χ1) is 9.13. The van der Waals surface area contributed by atoms with E-state index in [0.717, 1.165) is 50.0 Å². The third-order valence-corrected chi connectivity index (χ3v) is 4.16. The van der Waals surface area contributed by atoms with Gasteiger partial charge in [-0.1, -0.05) is 26.7 Å². The Hall–Kier alpha value is -1.38. The van der Waals surface area contributed by atoms with Crippen LogP contribution in [0.15, 0.2) is 18.3 Å². The second-order valence-corrected chi connectivity index (χ2v) is 5.64. The van der Waals surface area contributed by atoms with Gasteiger partial charge in [0.25, 0.3) is 0 Å². The quantitative estimate of drug-likeness (QED) is 0.808. The van der Waals surface area contributed by atoms with Crippen molar-refractivity contribution in [2.24, 2.45) is 5.41 Å². The molecular weight excluding hydrogens is 236 g/mol. The van der Waals surface area contributed by atoms with Gasteiger partial charge in [0, 0.05) is 24.1 Å². The van der Waals surface area contributed by atoms with E-state index in [0.29, 0.717) is 5.91 Å². The van der Waals surface area contributed by atoms with Crippen molar-refractivity contribution in [3.63, 3.8) is 0 Å². The van der Waals surface area contributed by atoms with E-state index in [-0.39, 0.29) is 5.41 Å². The molecule has 1 saturated heterocycles. The van der Waals surface area contributed by atoms with Crippen LogP contribution in [0.3, 0.4) is 0 Å². The lowest BCUT2D eigenvalue weighted by molar-refractivity contribution is -0.126. The number of anilines is 1. The third kappa shape index (κ3) is 2.65. The molecule has 1 aromatic rings. The highest BCUT2D eigenvalue weighted by atomic mass is 16.2. The number of amides is 1. The van der Waals surface area contributed by atoms with Gasteiger partial charge in [-0.05, 0) is 38.3 Å². The largest absolute Gasteiger partial charge is 0.312 e. The summed E-state index contributed by atoms with van der Waals surface area (Å²) in [5.41, 5.74) is 1.86. The Balaban J connectivity index is 2.25. The van der Waals surface area contributed by atoms with Crippen molar-refractivity contribution in [3.8, 4) is 0 Å². The first-order valence-corrected chi connectivity index (χ1v) is 7.37. The summed E-state index contributed by atoms with van der Waals surface area (Å²) in [5, 5.41) is 0. The minimum Gasteiger partial charge on any atom is -0.312 e. The molecule has 0 spiro atoms. The molecule has 0 N–H and O–H groups in total. The molecule has 3 heteroatoms. The molecule has 1 fully saturated rings. The molecule has 0 aliphatic carbocycles. The molecule has 0 bridgehead atoms. The minimum atomic E-state index is -0.110. The average Bonchev–Trinajstić information content (AvgIpc) is 2.68. The molecule has 1 aliphatic heterocycles. The summed E-state index contributed by atoms with van der Waals surface area (Å²) in [6.07, 6.45) is 6.97. The van der Waals surface area contributed by atoms with Gasteiger partial charge in [0.1, 0.15) is 0 Å². The molecule has 0 unspecified atom stereocenters. The number of pyridine rings is 1. The van der Waals surface area contributed by atoms with Crippen molar-refractivity contribution in [1.29, 1.82) is 0 Å². The zero-order valence-electron chi connectivity index (χ0n) is 12.3. The number of carbonyl (C=O) groups excluding carboxylic acids is 1. The molecule has 0 radical (unpaired) electrons. The van der Waals surface area contributed by atoms with Gasteiger partial charge >= 0.3 is 0 Å². The maximum absolute atomic E-state index is 12.8. The molecule has 2 rings (SSSR count). The van der Waals surface area contributed by atoms with E-state index >= 15 is 0 Å². The van der Waals surface area contributed by atoms with E-state index in [1.54, 1.807) is 6.20 Å². The van der Waals surface area contributed by atoms with Crippen LogP contribution >= 0.6 is 0 Å². The van der Waals surface area contributed by atoms with Gasteiger partial charge in [0.2, 0.25) is 5.91 Å². The molecule has 2 heterocycles. The average molecular weight is 260 g/mol. The normalized spacial score (nSPS) is 18.1. The van der Waals surface area contributed by atoms with Gasteiger partial charge in [-0.15, -0.1) is 0 Å². The van der Waals surface area contributed by atoms with Gasteiger partial charge in [-0.25, -0.2) is 0 Å². The lowest BCUT2D eigenvalue weighted by Crippen LogP contribution is -2.34. The van der Waals surface area contributed by atoms with Gasteiger partial charge in [0.15, 0.2) is 0 Å². The van der Waals surface area contributed by atoms with Crippen LogP contribution < -0.4 is 4.90 Å². The van der Waals surface area contributed by atoms with Crippen LogP contribution in [0, 0.1) is 12.3 Å². The highest BCUT2D eigenvalue weighted by molar-refractivity contribution is 5.99. The second-order valence-electron chi connectivity index (χ2n) is 5.64. The van der Waals surface area contributed by atoms with Crippen LogP contribution in [-0.4, -0.2) is 17.4 Å². The maximum Gasteiger partial charge on any atom is 0.233 e. The van der Waals surface area contributed by atoms with Crippen LogP contribution in [0.2, 0.25) is 0 Å². The molecule has 0 atom stereocenters. The summed E-state index contributed by atoms with van der Waals surface area (Å²) in [6.45, 7) is 7.16. The van der Waals surface area contributed by atoms with Crippen molar-refractivity contribution >= 4 is 11.6 Å². The van der Waals surface area contributed by atoms with Gasteiger partial charge < -0.3 is 4.90 Å². The first kappa shape index (κ1) is 14.0. The Kier molecular flexibility index (Phi) is 4.23. The summed E-state index contributed by atoms with van der Waals surface area (Å²) >= 11 is 0. The number of nitrogens with zero attached hydrogens (tertiary/aromatic N) is 2. The Labute approximate surface area is 116 Å². The smallest absolute Gasteiger partial charge is 0.233 e. The highest BCUT2D eigenvalue weighted by Gasteiger charge is 2.45. The summed E-state index contributed by atoms with van der Waals surface area (Å²) in [5.74, 6) is 0.321. The van der Waals surface area contributed by atoms with E-state index in [4.69, 9.17) is 0 Å². The van der Waals surface area contributed by atoms with E-state index in [2.05, 4.69) is 18.8 Å². The SMILES string of the molecule is CCCC1(CCC)CCN(c2ccnc(C)c2)C1=O. The number of aromatic nitrogens is 1. The van der Waals surface area contributed by atoms with Gasteiger partial charge in [-0.3, -0.25) is 9.78 Å². The molecule has 1 amide bonds. The third-order valence-electron chi connectivity index (χ3n) is 4.16. The highest BCUT2D eigenvalue weighted by Crippen LogP contribution is 2.42. The predicted octanol–water partition coefficient (Wildman–Crippen LogP) is 3.71. The Morgan fingerprint density at radius 2 is 2.00 bits per heavy atom. The zero-order chi connectivity index (χ0) is 13.9. The van der Waals surface area contributed by atoms with Crippen LogP contribution in [0.5, 0.6) is 0 Å². The van der Waals surface area contributed by atoms with Crippen molar-refractivity contribution in [2.45, 2.75) is 52.9 Å². The van der Waals surface area contributed by atoms with E-state index < -0.39 is 0 Å². The predicted molar refractivity (Wildman–Crippen MR) is 78.2 cm³/mol. The van der Waals surface area contributed by atoms with Gasteiger partial charge in [0.05, 0.1) is 5.41 Å². The monoisotopic (exact) mass is 260 g/mol. The molecular formula is C16H24N2O. The molecule has 1 aromatic heterocycles. The Bertz CT molecular complexity index is 450. The van der Waals surface area contributed by atoms with Crippen molar-refractivity contribution < 1.29 is 4.79 Å². The number of carbonyl (C=O) groups is 1. The summed E-state index contributed by atoms with van der Waals surface area (Å²) in [7, 11) is 0. The second kappa shape index (κ2) is 5.72. The summed E-state index contributed by atoms with van der Waals surface area (Å²) in [6, 6.07) is 3.95. The zero-order valence-corrected chi connectivity index (χ0v) is 12.3. The number of hydrogen-bond donors (Lipinski definition) is 0. The maximum atomic E-state index is 12.8. The molecule has 1 aliphatic rings. The summed E-state index contributed by atoms with van der Waals surface area (Å²) in [4.78, 5) is 19.0. The fourth-order valence-corrected chi connectivity index (χ4v) is 3.31. The number of rotatable bonds is 5. The number of aryl methyl sites for hydroxylation is 1. The lowest BCUT2D eigenvalue weighted by Gasteiger charge is -2.27. The Morgan fingerprint density at radius 1 is 1.32 bits per heavy atom. The standard InChI is InChI=1S/C16H24N2O/c1-4-7-16(8-5-2)9-11-18(15(16)19)14-6-10-17-13(3)12-14/h6,10,12H,4-5,7-9,11H2,1-3H3. The van der Waals surface area contributed by atoms with Crippen LogP contribution in [0.25, 0.3) is 0 Å². The van der Waals surface area contributed by atoms with Crippen LogP contribution in [0.4, 0.5) is 5.69 Å². The molecule has 19 heavy (non-hydrogen) atoms. The topological polar surface area (TPSA) is 33.2 Å². The Morgan fingerprint density at radius 3 is 2.58 bits per heavy atom. The molecule has 0 aromatic carbocycles. The summed E-state index contributed by atoms with van der Waals surface area (Å²) < 4.78 is 0. The lowest BCUT2D eigenvalue weighted by atomic mass is 9.78. The number of hydrogen-bond acceptors (Lipinski definition) is 2. The van der Waals surface area contributed by atoms with Crippen LogP contribution in [0.1, 0.15) is 51.6 Å². The molecule has 3 nitrogen and oxygen atoms in total. The minimum absolute atomic E-state index is 0.110. The molecule has 0 saturated carbocycles. The fourth-order valence-electron chi connectivity index (χ4n) is 3.31. The van der Waals surface area contributed by atoms with Crippen LogP contribution in [-0.2, 0) is 4.79 Å². The van der Waals surface area contributed by atoms with Crippen molar-refractivity contribution in [1.82, 2.24) is 4.98 Å². The molecule has 104 valence electrons. The fraction of sp³-hybridized carbons (Fsp3) is 0.625. The van der Waals surface area contributed by atoms with Crippen molar-refractivity contribution in [2.75, 3.05) is 11.4 Å².